The molecule has 1 N–H and O–H groups in total. The number of phenols is 1. The van der Waals surface area contributed by atoms with E-state index in [0.29, 0.717) is 23.8 Å². The number of para-hydroxylation sites is 2. The number of hydrogen-bond acceptors (Lipinski definition) is 6. The summed E-state index contributed by atoms with van der Waals surface area (Å²) >= 11 is 0. The van der Waals surface area contributed by atoms with Crippen molar-refractivity contribution in [2.45, 2.75) is 71.1 Å². The zero-order valence-corrected chi connectivity index (χ0v) is 24.9. The van der Waals surface area contributed by atoms with Crippen LogP contribution in [0.25, 0.3) is 55.5 Å². The van der Waals surface area contributed by atoms with Crippen molar-refractivity contribution in [1.82, 2.24) is 15.0 Å². The quantitative estimate of drug-likeness (QED) is 0.131. The molecular weight excluding hydrogens is 534 g/mol. The molecule has 0 amide bonds. The number of benzene rings is 4. The lowest BCUT2D eigenvalue weighted by atomic mass is 9.99. The van der Waals surface area contributed by atoms with Crippen LogP contribution in [0.4, 0.5) is 0 Å². The normalized spacial score (nSPS) is 11.6. The number of phenolic OH excluding ortho intramolecular Hbond substituents is 1. The van der Waals surface area contributed by atoms with E-state index in [1.54, 1.807) is 18.2 Å². The molecule has 6 rings (SSSR count). The lowest BCUT2D eigenvalue weighted by Gasteiger charge is -2.12. The lowest BCUT2D eigenvalue weighted by molar-refractivity contribution is 0.281. The van der Waals surface area contributed by atoms with E-state index < -0.39 is 0 Å². The van der Waals surface area contributed by atoms with Crippen molar-refractivity contribution >= 4 is 32.7 Å². The smallest absolute Gasteiger partial charge is 0.320 e. The van der Waals surface area contributed by atoms with E-state index >= 15 is 0 Å². The maximum absolute atomic E-state index is 10.6. The minimum atomic E-state index is 0.109. The summed E-state index contributed by atoms with van der Waals surface area (Å²) in [6.07, 6.45) is 12.6. The fraction of sp³-hybridized carbons (Fsp3) is 0.324. The average Bonchev–Trinajstić information content (AvgIpc) is 3.42. The topological polar surface area (TPSA) is 81.3 Å². The molecule has 0 fully saturated rings. The molecule has 0 atom stereocenters. The van der Waals surface area contributed by atoms with Crippen LogP contribution in [0.15, 0.2) is 83.3 Å². The number of fused-ring (bicyclic) bond motifs is 5. The minimum Gasteiger partial charge on any atom is -0.507 e. The van der Waals surface area contributed by atoms with Crippen molar-refractivity contribution in [3.63, 3.8) is 0 Å². The van der Waals surface area contributed by atoms with Crippen LogP contribution in [0.3, 0.4) is 0 Å². The second-order valence-electron chi connectivity index (χ2n) is 11.3. The maximum Gasteiger partial charge on any atom is 0.320 e. The molecule has 220 valence electrons. The molecule has 2 aromatic heterocycles. The number of furan rings is 1. The van der Waals surface area contributed by atoms with Crippen LogP contribution in [-0.4, -0.2) is 26.7 Å². The Kier molecular flexibility index (Phi) is 9.12. The zero-order chi connectivity index (χ0) is 29.4. The number of aromatic hydroxyl groups is 1. The number of aromatic nitrogens is 3. The molecule has 6 nitrogen and oxygen atoms in total. The maximum atomic E-state index is 10.6. The summed E-state index contributed by atoms with van der Waals surface area (Å²) in [6.45, 7) is 2.79. The Morgan fingerprint density at radius 3 is 1.95 bits per heavy atom. The van der Waals surface area contributed by atoms with Crippen LogP contribution in [-0.2, 0) is 0 Å². The predicted molar refractivity (Wildman–Crippen MR) is 174 cm³/mol. The lowest BCUT2D eigenvalue weighted by Crippen LogP contribution is -2.05. The highest BCUT2D eigenvalue weighted by Gasteiger charge is 2.19. The van der Waals surface area contributed by atoms with Gasteiger partial charge in [0.05, 0.1) is 12.2 Å². The van der Waals surface area contributed by atoms with Gasteiger partial charge in [-0.25, -0.2) is 4.98 Å². The third-order valence-corrected chi connectivity index (χ3v) is 8.11. The molecule has 0 saturated heterocycles. The molecule has 43 heavy (non-hydrogen) atoms. The molecule has 0 aliphatic heterocycles. The fourth-order valence-electron chi connectivity index (χ4n) is 5.85. The molecule has 6 aromatic rings. The van der Waals surface area contributed by atoms with Gasteiger partial charge in [-0.1, -0.05) is 119 Å². The Morgan fingerprint density at radius 2 is 1.21 bits per heavy atom. The van der Waals surface area contributed by atoms with E-state index in [9.17, 15) is 5.11 Å². The van der Waals surface area contributed by atoms with Gasteiger partial charge in [-0.3, -0.25) is 0 Å². The third-order valence-electron chi connectivity index (χ3n) is 8.11. The van der Waals surface area contributed by atoms with Crippen LogP contribution >= 0.6 is 0 Å². The molecule has 0 bridgehead atoms. The third kappa shape index (κ3) is 6.48. The van der Waals surface area contributed by atoms with Gasteiger partial charge in [-0.2, -0.15) is 9.97 Å². The average molecular weight is 574 g/mol. The van der Waals surface area contributed by atoms with Crippen LogP contribution < -0.4 is 4.74 Å². The van der Waals surface area contributed by atoms with Crippen molar-refractivity contribution < 1.29 is 14.3 Å². The molecule has 0 spiro atoms. The highest BCUT2D eigenvalue weighted by atomic mass is 16.5. The van der Waals surface area contributed by atoms with Gasteiger partial charge in [0, 0.05) is 16.3 Å². The van der Waals surface area contributed by atoms with Gasteiger partial charge >= 0.3 is 6.01 Å². The van der Waals surface area contributed by atoms with Crippen LogP contribution in [0.1, 0.15) is 71.1 Å². The predicted octanol–water partition coefficient (Wildman–Crippen LogP) is 10.3. The summed E-state index contributed by atoms with van der Waals surface area (Å²) in [5.74, 6) is 0.956. The number of rotatable bonds is 14. The van der Waals surface area contributed by atoms with Crippen molar-refractivity contribution in [1.29, 1.82) is 0 Å². The molecule has 0 aliphatic carbocycles. The first-order chi connectivity index (χ1) is 21.2. The van der Waals surface area contributed by atoms with Crippen molar-refractivity contribution in [2.24, 2.45) is 0 Å². The highest BCUT2D eigenvalue weighted by molar-refractivity contribution is 6.21. The molecule has 0 aliphatic rings. The standard InChI is InChI=1S/C37H39N3O3/c1-2-3-4-5-6-7-8-9-10-17-24-42-37-39-35(28-20-13-15-22-31(28)41)38-36(40-37)30-25-33-34(27-19-12-11-18-26(27)30)29-21-14-16-23-32(29)43-33/h11-16,18-23,25,41H,2-10,17,24H2,1H3. The second kappa shape index (κ2) is 13.7. The molecule has 6 heteroatoms. The number of hydrogen-bond donors (Lipinski definition) is 1. The van der Waals surface area contributed by atoms with Crippen molar-refractivity contribution in [3.05, 3.63) is 78.9 Å². The van der Waals surface area contributed by atoms with E-state index in [-0.39, 0.29) is 11.8 Å². The summed E-state index contributed by atoms with van der Waals surface area (Å²) in [5.41, 5.74) is 2.96. The first-order valence-corrected chi connectivity index (χ1v) is 15.7. The monoisotopic (exact) mass is 573 g/mol. The van der Waals surface area contributed by atoms with Crippen LogP contribution in [0, 0.1) is 0 Å². The Morgan fingerprint density at radius 1 is 0.605 bits per heavy atom. The summed E-state index contributed by atoms with van der Waals surface area (Å²) < 4.78 is 12.4. The van der Waals surface area contributed by atoms with E-state index in [1.807, 2.05) is 42.5 Å². The first kappa shape index (κ1) is 28.7. The number of unbranched alkanes of at least 4 members (excludes halogenated alkanes) is 9. The van der Waals surface area contributed by atoms with E-state index in [0.717, 1.165) is 51.1 Å². The molecule has 0 radical (unpaired) electrons. The number of ether oxygens (including phenoxy) is 1. The Labute approximate surface area is 252 Å². The van der Waals surface area contributed by atoms with E-state index in [2.05, 4.69) is 30.1 Å². The van der Waals surface area contributed by atoms with Gasteiger partial charge in [0.1, 0.15) is 16.9 Å². The second-order valence-corrected chi connectivity index (χ2v) is 11.3. The number of nitrogens with zero attached hydrogens (tertiary/aromatic N) is 3. The largest absolute Gasteiger partial charge is 0.507 e. The summed E-state index contributed by atoms with van der Waals surface area (Å²) in [7, 11) is 0. The van der Waals surface area contributed by atoms with Crippen LogP contribution in [0.2, 0.25) is 0 Å². The Bertz CT molecular complexity index is 1830. The van der Waals surface area contributed by atoms with Gasteiger partial charge < -0.3 is 14.3 Å². The zero-order valence-electron chi connectivity index (χ0n) is 24.9. The van der Waals surface area contributed by atoms with Gasteiger partial charge in [0.2, 0.25) is 0 Å². The van der Waals surface area contributed by atoms with E-state index in [4.69, 9.17) is 19.1 Å². The molecule has 0 unspecified atom stereocenters. The van der Waals surface area contributed by atoms with Gasteiger partial charge in [0.25, 0.3) is 0 Å². The first-order valence-electron chi connectivity index (χ1n) is 15.7. The van der Waals surface area contributed by atoms with E-state index in [1.165, 1.54) is 51.4 Å². The van der Waals surface area contributed by atoms with Gasteiger partial charge in [-0.05, 0) is 41.5 Å². The molecule has 2 heterocycles. The SMILES string of the molecule is CCCCCCCCCCCCOc1nc(-c2ccccc2O)nc(-c2cc3oc4ccccc4c3c3ccccc23)n1. The van der Waals surface area contributed by atoms with Crippen LogP contribution in [0.5, 0.6) is 11.8 Å². The fourth-order valence-corrected chi connectivity index (χ4v) is 5.85. The molecule has 4 aromatic carbocycles. The van der Waals surface area contributed by atoms with Gasteiger partial charge in [-0.15, -0.1) is 0 Å². The van der Waals surface area contributed by atoms with Crippen molar-refractivity contribution in [2.75, 3.05) is 6.61 Å². The highest BCUT2D eigenvalue weighted by Crippen LogP contribution is 2.40. The Balaban J connectivity index is 1.27. The minimum absolute atomic E-state index is 0.109. The summed E-state index contributed by atoms with van der Waals surface area (Å²) in [5, 5.41) is 14.9. The Hall–Kier alpha value is -4.45. The summed E-state index contributed by atoms with van der Waals surface area (Å²) in [4.78, 5) is 14.3. The molecular formula is C37H39N3O3. The van der Waals surface area contributed by atoms with Crippen molar-refractivity contribution in [3.8, 4) is 34.5 Å². The van der Waals surface area contributed by atoms with Gasteiger partial charge in [0.15, 0.2) is 11.6 Å². The molecule has 0 saturated carbocycles. The summed E-state index contributed by atoms with van der Waals surface area (Å²) in [6, 6.07) is 25.7.